The first kappa shape index (κ1) is 22.0. The van der Waals surface area contributed by atoms with Crippen molar-refractivity contribution in [1.29, 1.82) is 0 Å². The Balaban J connectivity index is 1.67. The Labute approximate surface area is 175 Å². The molecular formula is C21H39N7O. The zero-order valence-electron chi connectivity index (χ0n) is 18.5. The lowest BCUT2D eigenvalue weighted by Crippen LogP contribution is -2.60. The van der Waals surface area contributed by atoms with Gasteiger partial charge >= 0.3 is 0 Å². The first-order valence-electron chi connectivity index (χ1n) is 11.3. The van der Waals surface area contributed by atoms with Gasteiger partial charge in [0.15, 0.2) is 11.8 Å². The summed E-state index contributed by atoms with van der Waals surface area (Å²) in [6, 6.07) is 0. The van der Waals surface area contributed by atoms with Gasteiger partial charge in [-0.1, -0.05) is 32.6 Å². The second-order valence-corrected chi connectivity index (χ2v) is 8.41. The predicted octanol–water partition coefficient (Wildman–Crippen LogP) is 1.99. The van der Waals surface area contributed by atoms with Gasteiger partial charge in [0.05, 0.1) is 13.2 Å². The summed E-state index contributed by atoms with van der Waals surface area (Å²) >= 11 is 0. The Kier molecular flexibility index (Phi) is 8.29. The van der Waals surface area contributed by atoms with Crippen LogP contribution in [0.1, 0.15) is 63.5 Å². The van der Waals surface area contributed by atoms with E-state index >= 15 is 0 Å². The Bertz CT molecular complexity index is 645. The van der Waals surface area contributed by atoms with Crippen molar-refractivity contribution in [3.8, 4) is 0 Å². The molecule has 1 aromatic heterocycles. The van der Waals surface area contributed by atoms with Crippen molar-refractivity contribution in [3.63, 3.8) is 0 Å². The highest BCUT2D eigenvalue weighted by molar-refractivity contribution is 5.79. The van der Waals surface area contributed by atoms with Gasteiger partial charge in [-0.05, 0) is 26.2 Å². The predicted molar refractivity (Wildman–Crippen MR) is 116 cm³/mol. The molecule has 2 heterocycles. The molecule has 8 heteroatoms. The summed E-state index contributed by atoms with van der Waals surface area (Å²) in [5.41, 5.74) is 0.219. The van der Waals surface area contributed by atoms with Crippen LogP contribution in [-0.4, -0.2) is 70.6 Å². The van der Waals surface area contributed by atoms with E-state index in [0.717, 1.165) is 63.4 Å². The first-order chi connectivity index (χ1) is 14.1. The number of hydrogen-bond acceptors (Lipinski definition) is 5. The Morgan fingerprint density at radius 3 is 2.55 bits per heavy atom. The number of aliphatic imine (C=N–C) groups is 1. The first-order valence-corrected chi connectivity index (χ1v) is 11.3. The third kappa shape index (κ3) is 5.92. The average molecular weight is 406 g/mol. The molecule has 0 amide bonds. The molecule has 8 nitrogen and oxygen atoms in total. The van der Waals surface area contributed by atoms with Crippen molar-refractivity contribution in [2.75, 3.05) is 39.4 Å². The molecule has 1 aromatic rings. The summed E-state index contributed by atoms with van der Waals surface area (Å²) in [5, 5.41) is 15.6. The molecule has 2 fully saturated rings. The highest BCUT2D eigenvalue weighted by Crippen LogP contribution is 2.33. The van der Waals surface area contributed by atoms with Crippen LogP contribution in [-0.2, 0) is 18.3 Å². The van der Waals surface area contributed by atoms with Gasteiger partial charge in [0, 0.05) is 38.8 Å². The number of ether oxygens (including phenoxy) is 1. The van der Waals surface area contributed by atoms with Gasteiger partial charge in [0.1, 0.15) is 12.4 Å². The molecule has 2 aliphatic rings. The molecule has 29 heavy (non-hydrogen) atoms. The molecule has 3 rings (SSSR count). The van der Waals surface area contributed by atoms with Crippen LogP contribution in [0, 0.1) is 6.92 Å². The Morgan fingerprint density at radius 2 is 1.90 bits per heavy atom. The molecule has 0 atom stereocenters. The summed E-state index contributed by atoms with van der Waals surface area (Å²) in [4.78, 5) is 7.49. The maximum atomic E-state index is 5.61. The van der Waals surface area contributed by atoms with E-state index in [-0.39, 0.29) is 5.54 Å². The fraction of sp³-hybridized carbons (Fsp3) is 0.857. The monoisotopic (exact) mass is 405 g/mol. The summed E-state index contributed by atoms with van der Waals surface area (Å²) in [5.74, 6) is 2.69. The van der Waals surface area contributed by atoms with Gasteiger partial charge in [0.2, 0.25) is 0 Å². The molecule has 0 bridgehead atoms. The van der Waals surface area contributed by atoms with Gasteiger partial charge in [-0.2, -0.15) is 0 Å². The number of nitrogens with zero attached hydrogens (tertiary/aromatic N) is 5. The van der Waals surface area contributed by atoms with E-state index in [4.69, 9.17) is 9.73 Å². The van der Waals surface area contributed by atoms with Crippen LogP contribution in [0.4, 0.5) is 0 Å². The molecule has 2 N–H and O–H groups in total. The smallest absolute Gasteiger partial charge is 0.191 e. The van der Waals surface area contributed by atoms with Crippen molar-refractivity contribution in [2.24, 2.45) is 12.0 Å². The molecule has 164 valence electrons. The van der Waals surface area contributed by atoms with Crippen LogP contribution in [0.5, 0.6) is 0 Å². The van der Waals surface area contributed by atoms with Gasteiger partial charge in [0.25, 0.3) is 0 Å². The normalized spacial score (nSPS) is 20.6. The van der Waals surface area contributed by atoms with Crippen LogP contribution in [0.15, 0.2) is 4.99 Å². The molecule has 0 aromatic carbocycles. The summed E-state index contributed by atoms with van der Waals surface area (Å²) in [7, 11) is 1.99. The summed E-state index contributed by atoms with van der Waals surface area (Å²) < 4.78 is 7.62. The third-order valence-electron chi connectivity index (χ3n) is 6.44. The van der Waals surface area contributed by atoms with Crippen molar-refractivity contribution >= 4 is 5.96 Å². The van der Waals surface area contributed by atoms with Gasteiger partial charge < -0.3 is 19.9 Å². The van der Waals surface area contributed by atoms with Crippen LogP contribution >= 0.6 is 0 Å². The minimum atomic E-state index is 0.219. The Morgan fingerprint density at radius 1 is 1.14 bits per heavy atom. The lowest BCUT2D eigenvalue weighted by Gasteiger charge is -2.48. The second kappa shape index (κ2) is 10.9. The maximum Gasteiger partial charge on any atom is 0.191 e. The largest absolute Gasteiger partial charge is 0.379 e. The maximum absolute atomic E-state index is 5.61. The highest BCUT2D eigenvalue weighted by Gasteiger charge is 2.38. The molecule has 1 saturated carbocycles. The quantitative estimate of drug-likeness (QED) is 0.391. The van der Waals surface area contributed by atoms with E-state index in [0.29, 0.717) is 6.54 Å². The van der Waals surface area contributed by atoms with Crippen LogP contribution < -0.4 is 10.6 Å². The number of hydrogen-bond donors (Lipinski definition) is 2. The molecule has 0 unspecified atom stereocenters. The fourth-order valence-corrected chi connectivity index (χ4v) is 4.40. The van der Waals surface area contributed by atoms with Crippen molar-refractivity contribution in [3.05, 3.63) is 11.6 Å². The summed E-state index contributed by atoms with van der Waals surface area (Å²) in [6.07, 6.45) is 8.79. The van der Waals surface area contributed by atoms with Crippen LogP contribution in [0.25, 0.3) is 0 Å². The lowest BCUT2D eigenvalue weighted by atomic mass is 9.80. The van der Waals surface area contributed by atoms with Crippen LogP contribution in [0.2, 0.25) is 0 Å². The number of aryl methyl sites for hydroxylation is 1. The van der Waals surface area contributed by atoms with E-state index in [1.165, 1.54) is 38.5 Å². The Hall–Kier alpha value is -1.67. The molecule has 1 aliphatic carbocycles. The van der Waals surface area contributed by atoms with Gasteiger partial charge in [-0.3, -0.25) is 4.90 Å². The molecule has 0 spiro atoms. The zero-order chi connectivity index (χ0) is 20.5. The molecule has 0 radical (unpaired) electrons. The third-order valence-corrected chi connectivity index (χ3v) is 6.44. The molecular weight excluding hydrogens is 366 g/mol. The zero-order valence-corrected chi connectivity index (χ0v) is 18.5. The fourth-order valence-electron chi connectivity index (χ4n) is 4.40. The van der Waals surface area contributed by atoms with Crippen molar-refractivity contribution < 1.29 is 4.74 Å². The van der Waals surface area contributed by atoms with Gasteiger partial charge in [-0.25, -0.2) is 4.99 Å². The number of aromatic nitrogens is 3. The number of morpholine rings is 1. The number of guanidine groups is 1. The molecule has 1 saturated heterocycles. The minimum absolute atomic E-state index is 0.219. The second-order valence-electron chi connectivity index (χ2n) is 8.41. The minimum Gasteiger partial charge on any atom is -0.379 e. The summed E-state index contributed by atoms with van der Waals surface area (Å²) in [6.45, 7) is 10.4. The molecule has 1 aliphatic heterocycles. The van der Waals surface area contributed by atoms with E-state index in [9.17, 15) is 0 Å². The lowest BCUT2D eigenvalue weighted by molar-refractivity contribution is -0.0352. The van der Waals surface area contributed by atoms with Crippen molar-refractivity contribution in [1.82, 2.24) is 30.3 Å². The van der Waals surface area contributed by atoms with Crippen molar-refractivity contribution in [2.45, 2.75) is 70.9 Å². The number of nitrogens with one attached hydrogen (secondary N) is 2. The van der Waals surface area contributed by atoms with E-state index in [1.54, 1.807) is 0 Å². The van der Waals surface area contributed by atoms with Gasteiger partial charge in [-0.15, -0.1) is 10.2 Å². The number of unbranched alkanes of at least 4 members (excludes halogenated alkanes) is 1. The standard InChI is InChI=1S/C21H39N7O/c1-4-5-11-22-20(23-16-19-26-25-18(2)27(19)3)24-17-21(9-7-6-8-10-21)28-12-14-29-15-13-28/h4-17H2,1-3H3,(H2,22,23,24). The average Bonchev–Trinajstić information content (AvgIpc) is 3.09. The van der Waals surface area contributed by atoms with E-state index in [1.807, 2.05) is 18.5 Å². The number of rotatable bonds is 8. The van der Waals surface area contributed by atoms with E-state index in [2.05, 4.69) is 32.7 Å². The van der Waals surface area contributed by atoms with Crippen LogP contribution in [0.3, 0.4) is 0 Å². The van der Waals surface area contributed by atoms with E-state index < -0.39 is 0 Å². The highest BCUT2D eigenvalue weighted by atomic mass is 16.5. The SMILES string of the molecule is CCCCNC(=NCc1nnc(C)n1C)NCC1(N2CCOCC2)CCCCC1. The topological polar surface area (TPSA) is 79.6 Å².